The summed E-state index contributed by atoms with van der Waals surface area (Å²) >= 11 is 6.13. The topological polar surface area (TPSA) is 20.3 Å². The lowest BCUT2D eigenvalue weighted by Gasteiger charge is -2.15. The number of benzene rings is 2. The van der Waals surface area contributed by atoms with E-state index in [1.807, 2.05) is 19.2 Å². The van der Waals surface area contributed by atoms with Crippen LogP contribution in [0.3, 0.4) is 0 Å². The first-order valence-corrected chi connectivity index (χ1v) is 8.35. The van der Waals surface area contributed by atoms with E-state index in [0.717, 1.165) is 11.3 Å². The second-order valence-corrected chi connectivity index (χ2v) is 6.98. The molecule has 1 atom stereocenters. The van der Waals surface area contributed by atoms with Crippen LogP contribution in [0.4, 0.5) is 5.69 Å². The first-order chi connectivity index (χ1) is 9.58. The van der Waals surface area contributed by atoms with E-state index in [-0.39, 0.29) is 10.7 Å². The summed E-state index contributed by atoms with van der Waals surface area (Å²) in [5.41, 5.74) is 4.59. The van der Waals surface area contributed by atoms with Gasteiger partial charge in [-0.2, -0.15) is 0 Å². The molecule has 0 radical (unpaired) electrons. The van der Waals surface area contributed by atoms with E-state index in [4.69, 9.17) is 0 Å². The van der Waals surface area contributed by atoms with Crippen LogP contribution in [0.15, 0.2) is 42.5 Å². The van der Waals surface area contributed by atoms with Crippen LogP contribution in [0.1, 0.15) is 21.5 Å². The minimum atomic E-state index is 0.155. The third kappa shape index (κ3) is 2.39. The molecule has 2 aromatic rings. The van der Waals surface area contributed by atoms with Crippen LogP contribution < -0.4 is 4.90 Å². The number of nitrogens with zero attached hydrogens (tertiary/aromatic N) is 1. The Bertz CT molecular complexity index is 686. The molecular formula is C16H13BrINO. The van der Waals surface area contributed by atoms with Gasteiger partial charge >= 0.3 is 0 Å². The van der Waals surface area contributed by atoms with Gasteiger partial charge in [0.05, 0.1) is 11.2 Å². The molecule has 3 rings (SSSR count). The van der Waals surface area contributed by atoms with Gasteiger partial charge in [0.15, 0.2) is 0 Å². The van der Waals surface area contributed by atoms with Gasteiger partial charge in [0.25, 0.3) is 0 Å². The van der Waals surface area contributed by atoms with E-state index < -0.39 is 0 Å². The van der Waals surface area contributed by atoms with Crippen molar-refractivity contribution in [3.05, 3.63) is 62.7 Å². The molecule has 0 bridgehead atoms. The second kappa shape index (κ2) is 5.48. The Morgan fingerprint density at radius 1 is 1.25 bits per heavy atom. The van der Waals surface area contributed by atoms with Gasteiger partial charge in [0.2, 0.25) is 5.91 Å². The van der Waals surface area contributed by atoms with E-state index in [9.17, 15) is 4.79 Å². The number of carbonyl (C=O) groups excluding carboxylic acids is 1. The molecule has 1 aliphatic heterocycles. The molecule has 1 unspecified atom stereocenters. The Morgan fingerprint density at radius 3 is 2.75 bits per heavy atom. The van der Waals surface area contributed by atoms with Gasteiger partial charge in [-0.1, -0.05) is 46.3 Å². The standard InChI is InChI=1S/C16H13BrINO/c1-19-14-7-6-10(8-11(14)9-15(19)20)16(17)12-4-2-3-5-13(12)18/h2-8,16H,9H2,1H3. The summed E-state index contributed by atoms with van der Waals surface area (Å²) in [6, 6.07) is 14.6. The predicted molar refractivity (Wildman–Crippen MR) is 93.5 cm³/mol. The number of amides is 1. The van der Waals surface area contributed by atoms with E-state index in [1.165, 1.54) is 14.7 Å². The fourth-order valence-corrected chi connectivity index (χ4v) is 4.32. The number of carbonyl (C=O) groups is 1. The highest BCUT2D eigenvalue weighted by Gasteiger charge is 2.25. The van der Waals surface area contributed by atoms with Gasteiger partial charge in [0.1, 0.15) is 0 Å². The third-order valence-corrected chi connectivity index (χ3v) is 5.66. The van der Waals surface area contributed by atoms with Crippen LogP contribution in [0.5, 0.6) is 0 Å². The summed E-state index contributed by atoms with van der Waals surface area (Å²) in [5, 5.41) is 0. The molecule has 4 heteroatoms. The lowest BCUT2D eigenvalue weighted by atomic mass is 10.0. The normalized spacial score (nSPS) is 15.3. The van der Waals surface area contributed by atoms with Crippen molar-refractivity contribution >= 4 is 50.1 Å². The number of halogens is 2. The lowest BCUT2D eigenvalue weighted by molar-refractivity contribution is -0.117. The maximum atomic E-state index is 11.7. The van der Waals surface area contributed by atoms with Crippen molar-refractivity contribution in [2.24, 2.45) is 0 Å². The zero-order chi connectivity index (χ0) is 14.3. The molecule has 1 heterocycles. The van der Waals surface area contributed by atoms with Gasteiger partial charge in [0, 0.05) is 16.3 Å². The molecule has 0 saturated carbocycles. The van der Waals surface area contributed by atoms with Gasteiger partial charge in [-0.25, -0.2) is 0 Å². The van der Waals surface area contributed by atoms with Crippen molar-refractivity contribution in [2.45, 2.75) is 11.2 Å². The van der Waals surface area contributed by atoms with Gasteiger partial charge in [-0.3, -0.25) is 4.79 Å². The zero-order valence-electron chi connectivity index (χ0n) is 10.9. The number of anilines is 1. The fourth-order valence-electron chi connectivity index (χ4n) is 2.51. The maximum absolute atomic E-state index is 11.7. The summed E-state index contributed by atoms with van der Waals surface area (Å²) in [5.74, 6) is 0.164. The first kappa shape index (κ1) is 14.1. The molecular weight excluding hydrogens is 429 g/mol. The molecule has 0 spiro atoms. The van der Waals surface area contributed by atoms with Crippen molar-refractivity contribution in [1.82, 2.24) is 0 Å². The monoisotopic (exact) mass is 441 g/mol. The van der Waals surface area contributed by atoms with Crippen LogP contribution in [0.2, 0.25) is 0 Å². The average Bonchev–Trinajstić information content (AvgIpc) is 2.73. The first-order valence-electron chi connectivity index (χ1n) is 6.36. The summed E-state index contributed by atoms with van der Waals surface area (Å²) in [7, 11) is 1.83. The van der Waals surface area contributed by atoms with E-state index in [1.54, 1.807) is 4.90 Å². The molecule has 2 nitrogen and oxygen atoms in total. The predicted octanol–water partition coefficient (Wildman–Crippen LogP) is 4.29. The van der Waals surface area contributed by atoms with Gasteiger partial charge in [-0.05, 0) is 51.4 Å². The fraction of sp³-hybridized carbons (Fsp3) is 0.188. The summed E-state index contributed by atoms with van der Waals surface area (Å²) in [6.45, 7) is 0. The molecule has 0 saturated heterocycles. The highest BCUT2D eigenvalue weighted by Crippen LogP contribution is 2.37. The largest absolute Gasteiger partial charge is 0.315 e. The zero-order valence-corrected chi connectivity index (χ0v) is 14.7. The maximum Gasteiger partial charge on any atom is 0.231 e. The van der Waals surface area contributed by atoms with Crippen molar-refractivity contribution in [2.75, 3.05) is 11.9 Å². The van der Waals surface area contributed by atoms with Gasteiger partial charge in [-0.15, -0.1) is 0 Å². The highest BCUT2D eigenvalue weighted by atomic mass is 127. The molecule has 0 fully saturated rings. The van der Waals surface area contributed by atoms with Crippen molar-refractivity contribution in [1.29, 1.82) is 0 Å². The minimum absolute atomic E-state index is 0.155. The average molecular weight is 442 g/mol. The summed E-state index contributed by atoms with van der Waals surface area (Å²) in [6.07, 6.45) is 0.505. The molecule has 0 N–H and O–H groups in total. The molecule has 1 amide bonds. The molecule has 1 aliphatic rings. The number of hydrogen-bond acceptors (Lipinski definition) is 1. The Balaban J connectivity index is 1.99. The Hall–Kier alpha value is -0.880. The van der Waals surface area contributed by atoms with Crippen LogP contribution in [0.25, 0.3) is 0 Å². The number of alkyl halides is 1. The summed E-state index contributed by atoms with van der Waals surface area (Å²) in [4.78, 5) is 13.6. The second-order valence-electron chi connectivity index (χ2n) is 4.90. The number of hydrogen-bond donors (Lipinski definition) is 0. The lowest BCUT2D eigenvalue weighted by Crippen LogP contribution is -2.20. The van der Waals surface area contributed by atoms with Crippen LogP contribution >= 0.6 is 38.5 Å². The minimum Gasteiger partial charge on any atom is -0.315 e. The van der Waals surface area contributed by atoms with E-state index in [0.29, 0.717) is 6.42 Å². The molecule has 2 aromatic carbocycles. The van der Waals surface area contributed by atoms with Crippen LogP contribution in [0, 0.1) is 3.57 Å². The van der Waals surface area contributed by atoms with Crippen molar-refractivity contribution in [3.8, 4) is 0 Å². The smallest absolute Gasteiger partial charge is 0.231 e. The molecule has 102 valence electrons. The molecule has 0 aliphatic carbocycles. The third-order valence-electron chi connectivity index (χ3n) is 3.65. The quantitative estimate of drug-likeness (QED) is 0.502. The van der Waals surface area contributed by atoms with Crippen molar-refractivity contribution < 1.29 is 4.79 Å². The molecule has 0 aromatic heterocycles. The van der Waals surface area contributed by atoms with E-state index in [2.05, 4.69) is 68.9 Å². The van der Waals surface area contributed by atoms with Crippen LogP contribution in [-0.4, -0.2) is 13.0 Å². The van der Waals surface area contributed by atoms with Gasteiger partial charge < -0.3 is 4.90 Å². The number of likely N-dealkylation sites (N-methyl/N-ethyl adjacent to an activating group) is 1. The van der Waals surface area contributed by atoms with Crippen molar-refractivity contribution in [3.63, 3.8) is 0 Å². The highest BCUT2D eigenvalue weighted by molar-refractivity contribution is 14.1. The number of fused-ring (bicyclic) bond motifs is 1. The van der Waals surface area contributed by atoms with E-state index >= 15 is 0 Å². The SMILES string of the molecule is CN1C(=O)Cc2cc(C(Br)c3ccccc3I)ccc21. The number of rotatable bonds is 2. The Labute approximate surface area is 140 Å². The Kier molecular flexibility index (Phi) is 3.86. The Morgan fingerprint density at radius 2 is 2.00 bits per heavy atom. The molecule has 20 heavy (non-hydrogen) atoms. The van der Waals surface area contributed by atoms with Crippen LogP contribution in [-0.2, 0) is 11.2 Å². The summed E-state index contributed by atoms with van der Waals surface area (Å²) < 4.78 is 1.24.